The van der Waals surface area contributed by atoms with Crippen molar-refractivity contribution in [1.29, 1.82) is 0 Å². The predicted molar refractivity (Wildman–Crippen MR) is 75.7 cm³/mol. The summed E-state index contributed by atoms with van der Waals surface area (Å²) in [7, 11) is 0. The van der Waals surface area contributed by atoms with Crippen molar-refractivity contribution in [3.05, 3.63) is 0 Å². The Bertz CT molecular complexity index is 420. The van der Waals surface area contributed by atoms with Crippen LogP contribution in [0.2, 0.25) is 0 Å². The molecular weight excluding hydrogens is 274 g/mol. The van der Waals surface area contributed by atoms with E-state index in [1.807, 2.05) is 0 Å². The molecule has 2 rings (SSSR count). The number of carboxylic acids is 1. The number of likely N-dealkylation sites (tertiary alicyclic amines) is 2. The Balaban J connectivity index is 1.85. The highest BCUT2D eigenvalue weighted by molar-refractivity contribution is 5.87. The van der Waals surface area contributed by atoms with Crippen molar-refractivity contribution in [2.45, 2.75) is 38.6 Å². The maximum absolute atomic E-state index is 12.1. The molecule has 0 aliphatic carbocycles. The van der Waals surface area contributed by atoms with Crippen LogP contribution in [0, 0.1) is 5.92 Å². The third kappa shape index (κ3) is 3.86. The number of hydrogen-bond donors (Lipinski definition) is 2. The lowest BCUT2D eigenvalue weighted by atomic mass is 9.99. The number of urea groups is 1. The smallest absolute Gasteiger partial charge is 0.318 e. The van der Waals surface area contributed by atoms with Crippen molar-refractivity contribution < 1.29 is 19.5 Å². The number of nitrogens with one attached hydrogen (secondary N) is 1. The number of carbonyl (C=O) groups is 3. The van der Waals surface area contributed by atoms with Crippen LogP contribution in [0.25, 0.3) is 0 Å². The Hall–Kier alpha value is -1.79. The lowest BCUT2D eigenvalue weighted by Gasteiger charge is -2.32. The number of piperidine rings is 1. The van der Waals surface area contributed by atoms with Gasteiger partial charge in [0, 0.05) is 26.2 Å². The third-order valence-corrected chi connectivity index (χ3v) is 4.19. The molecule has 3 amide bonds. The van der Waals surface area contributed by atoms with Crippen LogP contribution >= 0.6 is 0 Å². The molecule has 21 heavy (non-hydrogen) atoms. The van der Waals surface area contributed by atoms with E-state index >= 15 is 0 Å². The zero-order valence-electron chi connectivity index (χ0n) is 12.4. The van der Waals surface area contributed by atoms with Gasteiger partial charge in [-0.05, 0) is 32.6 Å². The average molecular weight is 297 g/mol. The van der Waals surface area contributed by atoms with E-state index < -0.39 is 17.9 Å². The van der Waals surface area contributed by atoms with Crippen molar-refractivity contribution in [1.82, 2.24) is 15.1 Å². The molecule has 2 heterocycles. The number of aliphatic carboxylic acids is 1. The van der Waals surface area contributed by atoms with Gasteiger partial charge in [0.25, 0.3) is 0 Å². The highest BCUT2D eigenvalue weighted by atomic mass is 16.4. The maximum atomic E-state index is 12.1. The van der Waals surface area contributed by atoms with Crippen LogP contribution in [0.15, 0.2) is 0 Å². The molecule has 2 saturated heterocycles. The van der Waals surface area contributed by atoms with E-state index in [0.29, 0.717) is 19.4 Å². The van der Waals surface area contributed by atoms with Crippen molar-refractivity contribution in [3.8, 4) is 0 Å². The van der Waals surface area contributed by atoms with E-state index in [0.717, 1.165) is 25.9 Å². The topological polar surface area (TPSA) is 90.0 Å². The molecule has 2 fully saturated rings. The average Bonchev–Trinajstić information content (AvgIpc) is 3.00. The van der Waals surface area contributed by atoms with Gasteiger partial charge in [0.15, 0.2) is 0 Å². The van der Waals surface area contributed by atoms with Crippen molar-refractivity contribution in [3.63, 3.8) is 0 Å². The second-order valence-electron chi connectivity index (χ2n) is 5.83. The zero-order chi connectivity index (χ0) is 15.4. The predicted octanol–water partition coefficient (Wildman–Crippen LogP) is 0.504. The Labute approximate surface area is 124 Å². The molecule has 0 bridgehead atoms. The molecule has 0 saturated carbocycles. The van der Waals surface area contributed by atoms with Crippen LogP contribution in [0.1, 0.15) is 32.6 Å². The highest BCUT2D eigenvalue weighted by Crippen LogP contribution is 2.17. The molecule has 2 unspecified atom stereocenters. The molecule has 7 nitrogen and oxygen atoms in total. The van der Waals surface area contributed by atoms with Gasteiger partial charge in [0.1, 0.15) is 6.04 Å². The molecule has 0 radical (unpaired) electrons. The highest BCUT2D eigenvalue weighted by Gasteiger charge is 2.30. The summed E-state index contributed by atoms with van der Waals surface area (Å²) in [5.41, 5.74) is 0. The summed E-state index contributed by atoms with van der Waals surface area (Å²) in [5, 5.41) is 11.7. The standard InChI is InChI=1S/C14H23N3O4/c1-10(12(18)16-6-2-3-7-16)15-14(21)17-8-4-5-11(9-17)13(19)20/h10-11H,2-9H2,1H3,(H,15,21)(H,19,20). The molecule has 7 heteroatoms. The molecular formula is C14H23N3O4. The van der Waals surface area contributed by atoms with Crippen molar-refractivity contribution >= 4 is 17.9 Å². The minimum Gasteiger partial charge on any atom is -0.481 e. The zero-order valence-corrected chi connectivity index (χ0v) is 12.4. The molecule has 2 aliphatic heterocycles. The fourth-order valence-corrected chi connectivity index (χ4v) is 2.91. The molecule has 0 aromatic rings. The molecule has 0 aromatic carbocycles. The second-order valence-corrected chi connectivity index (χ2v) is 5.83. The molecule has 2 atom stereocenters. The summed E-state index contributed by atoms with van der Waals surface area (Å²) in [6.45, 7) is 3.94. The normalized spacial score (nSPS) is 23.8. The molecule has 0 spiro atoms. The Kier molecular flexibility index (Phi) is 5.03. The Morgan fingerprint density at radius 1 is 1.10 bits per heavy atom. The SMILES string of the molecule is CC(NC(=O)N1CCCC(C(=O)O)C1)C(=O)N1CCCC1. The first-order chi connectivity index (χ1) is 9.99. The Morgan fingerprint density at radius 3 is 2.33 bits per heavy atom. The Morgan fingerprint density at radius 2 is 1.71 bits per heavy atom. The van der Waals surface area contributed by atoms with Crippen LogP contribution < -0.4 is 5.32 Å². The van der Waals surface area contributed by atoms with Gasteiger partial charge in [-0.1, -0.05) is 0 Å². The maximum Gasteiger partial charge on any atom is 0.318 e. The summed E-state index contributed by atoms with van der Waals surface area (Å²) in [4.78, 5) is 38.6. The van der Waals surface area contributed by atoms with Gasteiger partial charge in [-0.3, -0.25) is 9.59 Å². The van der Waals surface area contributed by atoms with Gasteiger partial charge in [0.2, 0.25) is 5.91 Å². The molecule has 2 aliphatic rings. The number of nitrogens with zero attached hydrogens (tertiary/aromatic N) is 2. The van der Waals surface area contributed by atoms with Gasteiger partial charge in [-0.15, -0.1) is 0 Å². The first kappa shape index (κ1) is 15.6. The van der Waals surface area contributed by atoms with Gasteiger partial charge < -0.3 is 20.2 Å². The lowest BCUT2D eigenvalue weighted by Crippen LogP contribution is -2.53. The van der Waals surface area contributed by atoms with E-state index in [1.165, 1.54) is 4.90 Å². The molecule has 2 N–H and O–H groups in total. The van der Waals surface area contributed by atoms with Gasteiger partial charge >= 0.3 is 12.0 Å². The van der Waals surface area contributed by atoms with Crippen LogP contribution in [-0.2, 0) is 9.59 Å². The summed E-state index contributed by atoms with van der Waals surface area (Å²) in [5.74, 6) is -1.43. The van der Waals surface area contributed by atoms with E-state index in [2.05, 4.69) is 5.32 Å². The van der Waals surface area contributed by atoms with Crippen LogP contribution in [0.3, 0.4) is 0 Å². The van der Waals surface area contributed by atoms with E-state index in [9.17, 15) is 14.4 Å². The van der Waals surface area contributed by atoms with E-state index in [1.54, 1.807) is 11.8 Å². The largest absolute Gasteiger partial charge is 0.481 e. The summed E-state index contributed by atoms with van der Waals surface area (Å²) in [6, 6.07) is -0.915. The van der Waals surface area contributed by atoms with E-state index in [4.69, 9.17) is 5.11 Å². The van der Waals surface area contributed by atoms with Gasteiger partial charge in [-0.2, -0.15) is 0 Å². The summed E-state index contributed by atoms with van der Waals surface area (Å²) >= 11 is 0. The summed E-state index contributed by atoms with van der Waals surface area (Å²) in [6.07, 6.45) is 3.30. The van der Waals surface area contributed by atoms with Crippen LogP contribution in [0.5, 0.6) is 0 Å². The molecule has 0 aromatic heterocycles. The quantitative estimate of drug-likeness (QED) is 0.794. The number of carbonyl (C=O) groups excluding carboxylic acids is 2. The number of amides is 3. The monoisotopic (exact) mass is 297 g/mol. The third-order valence-electron chi connectivity index (χ3n) is 4.19. The van der Waals surface area contributed by atoms with Crippen LogP contribution in [-0.4, -0.2) is 65.0 Å². The number of carboxylic acid groups (broad SMARTS) is 1. The van der Waals surface area contributed by atoms with E-state index in [-0.39, 0.29) is 18.5 Å². The minimum absolute atomic E-state index is 0.0624. The van der Waals surface area contributed by atoms with Crippen molar-refractivity contribution in [2.24, 2.45) is 5.92 Å². The molecule has 118 valence electrons. The van der Waals surface area contributed by atoms with Gasteiger partial charge in [0.05, 0.1) is 5.92 Å². The first-order valence-corrected chi connectivity index (χ1v) is 7.56. The summed E-state index contributed by atoms with van der Waals surface area (Å²) < 4.78 is 0. The number of hydrogen-bond acceptors (Lipinski definition) is 3. The number of rotatable bonds is 3. The fraction of sp³-hybridized carbons (Fsp3) is 0.786. The van der Waals surface area contributed by atoms with Crippen LogP contribution in [0.4, 0.5) is 4.79 Å². The van der Waals surface area contributed by atoms with Gasteiger partial charge in [-0.25, -0.2) is 4.79 Å². The minimum atomic E-state index is -0.867. The fourth-order valence-electron chi connectivity index (χ4n) is 2.91. The van der Waals surface area contributed by atoms with Crippen molar-refractivity contribution in [2.75, 3.05) is 26.2 Å². The second kappa shape index (κ2) is 6.78. The first-order valence-electron chi connectivity index (χ1n) is 7.56. The lowest BCUT2D eigenvalue weighted by molar-refractivity contribution is -0.143.